The monoisotopic (exact) mass is 265 g/mol. The SMILES string of the molecule is CCNCC(OC(C)COCC)c1ccc(C)cc1. The predicted molar refractivity (Wildman–Crippen MR) is 79.5 cm³/mol. The van der Waals surface area contributed by atoms with Crippen molar-refractivity contribution in [1.29, 1.82) is 0 Å². The lowest BCUT2D eigenvalue weighted by atomic mass is 10.1. The van der Waals surface area contributed by atoms with Gasteiger partial charge < -0.3 is 14.8 Å². The molecule has 0 saturated heterocycles. The molecule has 19 heavy (non-hydrogen) atoms. The van der Waals surface area contributed by atoms with E-state index >= 15 is 0 Å². The average Bonchev–Trinajstić information content (AvgIpc) is 2.42. The first-order chi connectivity index (χ1) is 9.17. The molecule has 2 atom stereocenters. The van der Waals surface area contributed by atoms with Crippen LogP contribution in [-0.2, 0) is 9.47 Å². The van der Waals surface area contributed by atoms with Crippen LogP contribution in [0.1, 0.15) is 38.0 Å². The van der Waals surface area contributed by atoms with Gasteiger partial charge in [-0.15, -0.1) is 0 Å². The standard InChI is InChI=1S/C16H27NO2/c1-5-17-11-16(19-14(4)12-18-6-2)15-9-7-13(3)8-10-15/h7-10,14,16-17H,5-6,11-12H2,1-4H3. The second-order valence-corrected chi connectivity index (χ2v) is 4.81. The Morgan fingerprint density at radius 3 is 2.42 bits per heavy atom. The minimum absolute atomic E-state index is 0.0796. The predicted octanol–water partition coefficient (Wildman–Crippen LogP) is 3.09. The van der Waals surface area contributed by atoms with Gasteiger partial charge in [0.25, 0.3) is 0 Å². The van der Waals surface area contributed by atoms with Crippen molar-refractivity contribution in [2.24, 2.45) is 0 Å². The smallest absolute Gasteiger partial charge is 0.0954 e. The van der Waals surface area contributed by atoms with Gasteiger partial charge in [0, 0.05) is 13.2 Å². The van der Waals surface area contributed by atoms with Gasteiger partial charge in [-0.1, -0.05) is 36.8 Å². The van der Waals surface area contributed by atoms with Crippen LogP contribution in [0.4, 0.5) is 0 Å². The first kappa shape index (κ1) is 16.2. The van der Waals surface area contributed by atoms with E-state index < -0.39 is 0 Å². The number of rotatable bonds is 9. The van der Waals surface area contributed by atoms with Crippen molar-refractivity contribution in [3.8, 4) is 0 Å². The second-order valence-electron chi connectivity index (χ2n) is 4.81. The molecule has 0 spiro atoms. The van der Waals surface area contributed by atoms with Crippen LogP contribution >= 0.6 is 0 Å². The van der Waals surface area contributed by atoms with Crippen LogP contribution in [0, 0.1) is 6.92 Å². The Balaban J connectivity index is 2.62. The van der Waals surface area contributed by atoms with E-state index in [1.165, 1.54) is 11.1 Å². The molecule has 1 aromatic carbocycles. The molecule has 2 unspecified atom stereocenters. The van der Waals surface area contributed by atoms with Gasteiger partial charge in [-0.05, 0) is 32.9 Å². The minimum atomic E-state index is 0.0796. The van der Waals surface area contributed by atoms with Crippen LogP contribution in [0.25, 0.3) is 0 Å². The summed E-state index contributed by atoms with van der Waals surface area (Å²) in [6.07, 6.45) is 0.181. The summed E-state index contributed by atoms with van der Waals surface area (Å²) < 4.78 is 11.5. The highest BCUT2D eigenvalue weighted by molar-refractivity contribution is 5.23. The van der Waals surface area contributed by atoms with Gasteiger partial charge in [0.2, 0.25) is 0 Å². The third-order valence-electron chi connectivity index (χ3n) is 2.98. The lowest BCUT2D eigenvalue weighted by molar-refractivity contribution is -0.0468. The third-order valence-corrected chi connectivity index (χ3v) is 2.98. The van der Waals surface area contributed by atoms with Crippen LogP contribution < -0.4 is 5.32 Å². The fourth-order valence-electron chi connectivity index (χ4n) is 1.90. The maximum atomic E-state index is 6.09. The molecule has 0 aliphatic heterocycles. The molecule has 108 valence electrons. The molecular formula is C16H27NO2. The number of ether oxygens (including phenoxy) is 2. The molecule has 0 amide bonds. The average molecular weight is 265 g/mol. The first-order valence-corrected chi connectivity index (χ1v) is 7.17. The van der Waals surface area contributed by atoms with Crippen LogP contribution in [-0.4, -0.2) is 32.4 Å². The number of aryl methyl sites for hydroxylation is 1. The highest BCUT2D eigenvalue weighted by atomic mass is 16.5. The molecule has 0 aromatic heterocycles. The Kier molecular flexibility index (Phi) is 7.72. The Bertz CT molecular complexity index is 337. The maximum absolute atomic E-state index is 6.09. The van der Waals surface area contributed by atoms with Crippen LogP contribution in [0.3, 0.4) is 0 Å². The zero-order valence-electron chi connectivity index (χ0n) is 12.6. The second kappa shape index (κ2) is 9.08. The Hall–Kier alpha value is -0.900. The Morgan fingerprint density at radius 1 is 1.16 bits per heavy atom. The summed E-state index contributed by atoms with van der Waals surface area (Å²) in [6, 6.07) is 8.55. The summed E-state index contributed by atoms with van der Waals surface area (Å²) in [5, 5.41) is 3.36. The van der Waals surface area contributed by atoms with E-state index in [9.17, 15) is 0 Å². The van der Waals surface area contributed by atoms with Crippen molar-refractivity contribution in [1.82, 2.24) is 5.32 Å². The van der Waals surface area contributed by atoms with E-state index in [0.29, 0.717) is 6.61 Å². The molecule has 1 N–H and O–H groups in total. The fraction of sp³-hybridized carbons (Fsp3) is 0.625. The van der Waals surface area contributed by atoms with Crippen molar-refractivity contribution in [2.45, 2.75) is 39.9 Å². The van der Waals surface area contributed by atoms with Crippen LogP contribution in [0.15, 0.2) is 24.3 Å². The molecular weight excluding hydrogens is 238 g/mol. The van der Waals surface area contributed by atoms with E-state index in [4.69, 9.17) is 9.47 Å². The van der Waals surface area contributed by atoms with E-state index in [1.807, 2.05) is 6.92 Å². The molecule has 0 bridgehead atoms. The zero-order valence-corrected chi connectivity index (χ0v) is 12.6. The molecule has 0 aliphatic carbocycles. The molecule has 0 heterocycles. The van der Waals surface area contributed by atoms with E-state index in [2.05, 4.69) is 50.4 Å². The summed E-state index contributed by atoms with van der Waals surface area (Å²) in [4.78, 5) is 0. The van der Waals surface area contributed by atoms with Gasteiger partial charge in [-0.3, -0.25) is 0 Å². The molecule has 3 heteroatoms. The Morgan fingerprint density at radius 2 is 1.84 bits per heavy atom. The molecule has 0 radical (unpaired) electrons. The fourth-order valence-corrected chi connectivity index (χ4v) is 1.90. The van der Waals surface area contributed by atoms with Crippen molar-refractivity contribution in [3.05, 3.63) is 35.4 Å². The van der Waals surface area contributed by atoms with Crippen molar-refractivity contribution in [2.75, 3.05) is 26.3 Å². The van der Waals surface area contributed by atoms with E-state index in [0.717, 1.165) is 19.7 Å². The molecule has 0 aliphatic rings. The van der Waals surface area contributed by atoms with Gasteiger partial charge in [-0.2, -0.15) is 0 Å². The number of hydrogen-bond acceptors (Lipinski definition) is 3. The largest absolute Gasteiger partial charge is 0.379 e. The highest BCUT2D eigenvalue weighted by Crippen LogP contribution is 2.19. The van der Waals surface area contributed by atoms with Gasteiger partial charge in [0.15, 0.2) is 0 Å². The topological polar surface area (TPSA) is 30.5 Å². The first-order valence-electron chi connectivity index (χ1n) is 7.17. The van der Waals surface area contributed by atoms with Crippen molar-refractivity contribution >= 4 is 0 Å². The third kappa shape index (κ3) is 6.19. The van der Waals surface area contributed by atoms with Gasteiger partial charge in [0.1, 0.15) is 0 Å². The summed E-state index contributed by atoms with van der Waals surface area (Å²) in [5.41, 5.74) is 2.49. The summed E-state index contributed by atoms with van der Waals surface area (Å²) >= 11 is 0. The van der Waals surface area contributed by atoms with E-state index in [-0.39, 0.29) is 12.2 Å². The zero-order chi connectivity index (χ0) is 14.1. The lowest BCUT2D eigenvalue weighted by Crippen LogP contribution is -2.27. The number of nitrogens with one attached hydrogen (secondary N) is 1. The van der Waals surface area contributed by atoms with Gasteiger partial charge in [0.05, 0.1) is 18.8 Å². The molecule has 3 nitrogen and oxygen atoms in total. The maximum Gasteiger partial charge on any atom is 0.0954 e. The van der Waals surface area contributed by atoms with Crippen molar-refractivity contribution < 1.29 is 9.47 Å². The quantitative estimate of drug-likeness (QED) is 0.744. The normalized spacial score (nSPS) is 14.3. The molecule has 1 rings (SSSR count). The van der Waals surface area contributed by atoms with Gasteiger partial charge in [-0.25, -0.2) is 0 Å². The van der Waals surface area contributed by atoms with Crippen LogP contribution in [0.5, 0.6) is 0 Å². The van der Waals surface area contributed by atoms with Crippen molar-refractivity contribution in [3.63, 3.8) is 0 Å². The van der Waals surface area contributed by atoms with Crippen LogP contribution in [0.2, 0.25) is 0 Å². The molecule has 0 fully saturated rings. The molecule has 1 aromatic rings. The minimum Gasteiger partial charge on any atom is -0.379 e. The summed E-state index contributed by atoms with van der Waals surface area (Å²) in [5.74, 6) is 0. The number of likely N-dealkylation sites (N-methyl/N-ethyl adjacent to an activating group) is 1. The summed E-state index contributed by atoms with van der Waals surface area (Å²) in [6.45, 7) is 11.4. The van der Waals surface area contributed by atoms with E-state index in [1.54, 1.807) is 0 Å². The number of benzene rings is 1. The highest BCUT2D eigenvalue weighted by Gasteiger charge is 2.15. The molecule has 0 saturated carbocycles. The number of hydrogen-bond donors (Lipinski definition) is 1. The lowest BCUT2D eigenvalue weighted by Gasteiger charge is -2.23. The Labute approximate surface area is 117 Å². The summed E-state index contributed by atoms with van der Waals surface area (Å²) in [7, 11) is 0. The van der Waals surface area contributed by atoms with Gasteiger partial charge >= 0.3 is 0 Å².